The Kier molecular flexibility index (Phi) is 11.8. The number of rotatable bonds is 0. The highest BCUT2D eigenvalue weighted by atomic mass is 14.5. The van der Waals surface area contributed by atoms with Crippen LogP contribution in [0.2, 0.25) is 0 Å². The second-order valence-corrected chi connectivity index (χ2v) is 20.4. The third kappa shape index (κ3) is 11.9. The van der Waals surface area contributed by atoms with Gasteiger partial charge in [0.05, 0.1) is 0 Å². The SMILES string of the molecule is CC(C)(C)C1CC1C(C)(C)C.CC(C)(C)C1CCC(C(C)(C)C)C1.CC(C)(C)C1CCC(C(C)(C)C)CC1. The maximum atomic E-state index is 2.40. The van der Waals surface area contributed by atoms with Crippen LogP contribution >= 0.6 is 0 Å². The standard InChI is InChI=1S/C14H28.C13H26.C11H22/c1-13(2,3)11-7-9-12(10-8-11)14(4,5)6;1-12(2,3)10-7-8-11(9-10)13(4,5)6;1-10(2,3)8-7-9(8)11(4,5)6/h11-12H,7-10H2,1-6H3;10-11H,7-9H2,1-6H3;8-9H,7H2,1-6H3. The number of hydrogen-bond acceptors (Lipinski definition) is 0. The first kappa shape index (κ1) is 36.0. The fourth-order valence-corrected chi connectivity index (χ4v) is 7.49. The van der Waals surface area contributed by atoms with Gasteiger partial charge in [0.25, 0.3) is 0 Å². The van der Waals surface area contributed by atoms with Gasteiger partial charge in [0, 0.05) is 0 Å². The Hall–Kier alpha value is 0. The van der Waals surface area contributed by atoms with Crippen LogP contribution in [0, 0.1) is 68.0 Å². The van der Waals surface area contributed by atoms with Crippen LogP contribution in [-0.2, 0) is 0 Å². The van der Waals surface area contributed by atoms with Crippen molar-refractivity contribution in [3.05, 3.63) is 0 Å². The zero-order valence-corrected chi connectivity index (χ0v) is 30.1. The van der Waals surface area contributed by atoms with E-state index in [0.29, 0.717) is 32.5 Å². The molecule has 0 heteroatoms. The molecule has 4 atom stereocenters. The molecule has 0 aromatic carbocycles. The van der Waals surface area contributed by atoms with Crippen molar-refractivity contribution < 1.29 is 0 Å². The lowest BCUT2D eigenvalue weighted by atomic mass is 9.64. The molecule has 3 aliphatic carbocycles. The number of hydrogen-bond donors (Lipinski definition) is 0. The molecule has 38 heavy (non-hydrogen) atoms. The van der Waals surface area contributed by atoms with Crippen molar-refractivity contribution in [2.45, 2.75) is 176 Å². The Morgan fingerprint density at radius 1 is 0.263 bits per heavy atom. The molecular weight excluding hydrogens is 456 g/mol. The average molecular weight is 533 g/mol. The van der Waals surface area contributed by atoms with E-state index in [1.54, 1.807) is 0 Å². The van der Waals surface area contributed by atoms with Gasteiger partial charge in [-0.1, -0.05) is 125 Å². The zero-order valence-electron chi connectivity index (χ0n) is 30.1. The quantitative estimate of drug-likeness (QED) is 0.291. The van der Waals surface area contributed by atoms with Gasteiger partial charge in [-0.25, -0.2) is 0 Å². The smallest absolute Gasteiger partial charge is 0.0329 e. The second-order valence-electron chi connectivity index (χ2n) is 20.4. The fourth-order valence-electron chi connectivity index (χ4n) is 7.49. The summed E-state index contributed by atoms with van der Waals surface area (Å²) in [5.74, 6) is 5.78. The molecule has 0 aromatic heterocycles. The molecule has 0 N–H and O–H groups in total. The first-order chi connectivity index (χ1) is 16.6. The zero-order chi connectivity index (χ0) is 30.1. The Balaban J connectivity index is 0.000000287. The first-order valence-corrected chi connectivity index (χ1v) is 16.6. The summed E-state index contributed by atoms with van der Waals surface area (Å²) in [6, 6.07) is 0. The van der Waals surface area contributed by atoms with E-state index in [-0.39, 0.29) is 0 Å². The topological polar surface area (TPSA) is 0 Å². The third-order valence-corrected chi connectivity index (χ3v) is 11.1. The van der Waals surface area contributed by atoms with Crippen LogP contribution in [0.3, 0.4) is 0 Å². The molecule has 3 rings (SSSR count). The van der Waals surface area contributed by atoms with Crippen molar-refractivity contribution in [1.82, 2.24) is 0 Å². The molecule has 0 bridgehead atoms. The van der Waals surface area contributed by atoms with Gasteiger partial charge < -0.3 is 0 Å². The van der Waals surface area contributed by atoms with E-state index in [1.165, 1.54) is 51.4 Å². The van der Waals surface area contributed by atoms with Gasteiger partial charge in [-0.05, 0) is 119 Å². The van der Waals surface area contributed by atoms with E-state index < -0.39 is 0 Å². The lowest BCUT2D eigenvalue weighted by Crippen LogP contribution is -2.30. The average Bonchev–Trinajstić information content (AvgIpc) is 3.36. The van der Waals surface area contributed by atoms with Gasteiger partial charge in [0.1, 0.15) is 0 Å². The molecule has 0 amide bonds. The van der Waals surface area contributed by atoms with Gasteiger partial charge >= 0.3 is 0 Å². The molecule has 0 aromatic rings. The lowest BCUT2D eigenvalue weighted by Gasteiger charge is -2.41. The van der Waals surface area contributed by atoms with Crippen LogP contribution in [0.4, 0.5) is 0 Å². The molecule has 3 fully saturated rings. The van der Waals surface area contributed by atoms with Crippen LogP contribution in [0.15, 0.2) is 0 Å². The Morgan fingerprint density at radius 2 is 0.474 bits per heavy atom. The summed E-state index contributed by atoms with van der Waals surface area (Å²) in [4.78, 5) is 0. The molecule has 0 aliphatic heterocycles. The van der Waals surface area contributed by atoms with E-state index in [0.717, 1.165) is 35.5 Å². The Bertz CT molecular complexity index is 613. The van der Waals surface area contributed by atoms with Crippen molar-refractivity contribution in [3.8, 4) is 0 Å². The highest BCUT2D eigenvalue weighted by Crippen LogP contribution is 2.58. The minimum atomic E-state index is 0.528. The molecule has 4 unspecified atom stereocenters. The first-order valence-electron chi connectivity index (χ1n) is 16.6. The minimum Gasteiger partial charge on any atom is -0.0599 e. The van der Waals surface area contributed by atoms with Gasteiger partial charge in [0.15, 0.2) is 0 Å². The van der Waals surface area contributed by atoms with Crippen molar-refractivity contribution in [1.29, 1.82) is 0 Å². The monoisotopic (exact) mass is 533 g/mol. The highest BCUT2D eigenvalue weighted by molar-refractivity contribution is 4.99. The van der Waals surface area contributed by atoms with Crippen LogP contribution < -0.4 is 0 Å². The minimum absolute atomic E-state index is 0.528. The van der Waals surface area contributed by atoms with Crippen LogP contribution in [0.1, 0.15) is 176 Å². The van der Waals surface area contributed by atoms with Gasteiger partial charge in [-0.3, -0.25) is 0 Å². The van der Waals surface area contributed by atoms with E-state index in [2.05, 4.69) is 125 Å². The van der Waals surface area contributed by atoms with Gasteiger partial charge in [-0.2, -0.15) is 0 Å². The molecule has 228 valence electrons. The summed E-state index contributed by atoms with van der Waals surface area (Å²) in [6.07, 6.45) is 11.6. The van der Waals surface area contributed by atoms with E-state index in [4.69, 9.17) is 0 Å². The van der Waals surface area contributed by atoms with E-state index in [1.807, 2.05) is 0 Å². The van der Waals surface area contributed by atoms with Crippen molar-refractivity contribution in [3.63, 3.8) is 0 Å². The van der Waals surface area contributed by atoms with Crippen LogP contribution in [0.5, 0.6) is 0 Å². The van der Waals surface area contributed by atoms with Crippen molar-refractivity contribution in [2.24, 2.45) is 68.0 Å². The molecule has 0 heterocycles. The lowest BCUT2D eigenvalue weighted by molar-refractivity contribution is 0.0970. The third-order valence-electron chi connectivity index (χ3n) is 11.1. The maximum Gasteiger partial charge on any atom is -0.0329 e. The second kappa shape index (κ2) is 12.5. The summed E-state index contributed by atoms with van der Waals surface area (Å²) < 4.78 is 0. The van der Waals surface area contributed by atoms with Crippen LogP contribution in [-0.4, -0.2) is 0 Å². The molecule has 0 saturated heterocycles. The van der Waals surface area contributed by atoms with Crippen LogP contribution in [0.25, 0.3) is 0 Å². The van der Waals surface area contributed by atoms with Crippen molar-refractivity contribution in [2.75, 3.05) is 0 Å². The van der Waals surface area contributed by atoms with E-state index in [9.17, 15) is 0 Å². The summed E-state index contributed by atoms with van der Waals surface area (Å²) in [6.45, 7) is 42.9. The predicted octanol–water partition coefficient (Wildman–Crippen LogP) is 13.1. The fraction of sp³-hybridized carbons (Fsp3) is 1.00. The summed E-state index contributed by atoms with van der Waals surface area (Å²) >= 11 is 0. The highest BCUT2D eigenvalue weighted by Gasteiger charge is 2.50. The Morgan fingerprint density at radius 3 is 0.605 bits per heavy atom. The van der Waals surface area contributed by atoms with Gasteiger partial charge in [0.2, 0.25) is 0 Å². The summed E-state index contributed by atoms with van der Waals surface area (Å²) in [5, 5.41) is 0. The molecule has 3 aliphatic rings. The molecule has 3 saturated carbocycles. The summed E-state index contributed by atoms with van der Waals surface area (Å²) in [7, 11) is 0. The maximum absolute atomic E-state index is 2.40. The summed E-state index contributed by atoms with van der Waals surface area (Å²) in [5.41, 5.74) is 3.20. The van der Waals surface area contributed by atoms with E-state index >= 15 is 0 Å². The normalized spacial score (nSPS) is 31.1. The molecule has 0 radical (unpaired) electrons. The molecular formula is C38H76. The largest absolute Gasteiger partial charge is 0.0599 e. The van der Waals surface area contributed by atoms with Gasteiger partial charge in [-0.15, -0.1) is 0 Å². The predicted molar refractivity (Wildman–Crippen MR) is 175 cm³/mol. The molecule has 0 spiro atoms. The Labute approximate surface area is 243 Å². The molecule has 0 nitrogen and oxygen atoms in total. The van der Waals surface area contributed by atoms with Crippen molar-refractivity contribution >= 4 is 0 Å².